The summed E-state index contributed by atoms with van der Waals surface area (Å²) in [7, 11) is 2.17. The van der Waals surface area contributed by atoms with Gasteiger partial charge in [-0.15, -0.1) is 5.10 Å². The zero-order valence-corrected chi connectivity index (χ0v) is 11.3. The van der Waals surface area contributed by atoms with Crippen LogP contribution in [0.4, 0.5) is 6.01 Å². The molecule has 6 heteroatoms. The van der Waals surface area contributed by atoms with E-state index in [2.05, 4.69) is 34.0 Å². The maximum Gasteiger partial charge on any atom is 0.318 e. The Morgan fingerprint density at radius 2 is 2.22 bits per heavy atom. The highest BCUT2D eigenvalue weighted by Crippen LogP contribution is 2.20. The van der Waals surface area contributed by atoms with Gasteiger partial charge in [-0.1, -0.05) is 12.0 Å². The Morgan fingerprint density at radius 1 is 1.39 bits per heavy atom. The van der Waals surface area contributed by atoms with Crippen LogP contribution in [0.3, 0.4) is 0 Å². The lowest BCUT2D eigenvalue weighted by molar-refractivity contribution is 0.324. The Labute approximate surface area is 108 Å². The lowest BCUT2D eigenvalue weighted by Crippen LogP contribution is -2.40. The van der Waals surface area contributed by atoms with Crippen molar-refractivity contribution in [2.75, 3.05) is 38.1 Å². The molecule has 1 aliphatic rings. The van der Waals surface area contributed by atoms with Gasteiger partial charge in [-0.3, -0.25) is 0 Å². The van der Waals surface area contributed by atoms with Crippen molar-refractivity contribution >= 4 is 6.01 Å². The molecule has 102 valence electrons. The summed E-state index contributed by atoms with van der Waals surface area (Å²) in [6.45, 7) is 5.89. The minimum absolute atomic E-state index is 0.448. The maximum atomic E-state index is 5.69. The standard InChI is InChI=1S/C12H23N5O/c1-3-10-9-16(2)7-4-8-17(10)12-15-14-11(18-12)5-6-13/h10H,3-9,13H2,1-2H3. The second-order valence-electron chi connectivity index (χ2n) is 4.89. The molecule has 0 saturated carbocycles. The molecule has 1 aliphatic heterocycles. The smallest absolute Gasteiger partial charge is 0.318 e. The molecule has 2 rings (SSSR count). The third-order valence-corrected chi connectivity index (χ3v) is 3.43. The van der Waals surface area contributed by atoms with Gasteiger partial charge in [0, 0.05) is 32.1 Å². The first-order valence-corrected chi connectivity index (χ1v) is 6.72. The van der Waals surface area contributed by atoms with Crippen molar-refractivity contribution in [1.29, 1.82) is 0 Å². The number of nitrogens with two attached hydrogens (primary N) is 1. The number of rotatable bonds is 4. The first-order chi connectivity index (χ1) is 8.74. The Hall–Kier alpha value is -1.14. The van der Waals surface area contributed by atoms with Crippen LogP contribution in [0.2, 0.25) is 0 Å². The Bertz CT molecular complexity index is 367. The SMILES string of the molecule is CCC1CN(C)CCCN1c1nnc(CCN)o1. The van der Waals surface area contributed by atoms with Gasteiger partial charge in [0.25, 0.3) is 0 Å². The van der Waals surface area contributed by atoms with Crippen molar-refractivity contribution < 1.29 is 4.42 Å². The minimum atomic E-state index is 0.448. The van der Waals surface area contributed by atoms with Crippen LogP contribution in [0.15, 0.2) is 4.42 Å². The molecule has 1 atom stereocenters. The summed E-state index contributed by atoms with van der Waals surface area (Å²) in [5.41, 5.74) is 5.50. The summed E-state index contributed by atoms with van der Waals surface area (Å²) in [5.74, 6) is 0.639. The van der Waals surface area contributed by atoms with E-state index in [4.69, 9.17) is 10.2 Å². The molecule has 0 radical (unpaired) electrons. The fourth-order valence-electron chi connectivity index (χ4n) is 2.43. The zero-order chi connectivity index (χ0) is 13.0. The summed E-state index contributed by atoms with van der Waals surface area (Å²) in [5, 5.41) is 8.21. The van der Waals surface area contributed by atoms with Gasteiger partial charge in [-0.05, 0) is 26.4 Å². The topological polar surface area (TPSA) is 71.4 Å². The summed E-state index contributed by atoms with van der Waals surface area (Å²) in [6, 6.07) is 1.10. The molecule has 1 saturated heterocycles. The molecule has 0 bridgehead atoms. The van der Waals surface area contributed by atoms with Crippen LogP contribution in [0.5, 0.6) is 0 Å². The molecule has 2 heterocycles. The summed E-state index contributed by atoms with van der Waals surface area (Å²) >= 11 is 0. The predicted octanol–water partition coefficient (Wildman–Crippen LogP) is 0.491. The molecule has 0 amide bonds. The van der Waals surface area contributed by atoms with Crippen LogP contribution in [-0.4, -0.2) is 54.4 Å². The maximum absolute atomic E-state index is 5.69. The van der Waals surface area contributed by atoms with Crippen LogP contribution >= 0.6 is 0 Å². The molecule has 1 unspecified atom stereocenters. The molecule has 1 fully saturated rings. The molecule has 6 nitrogen and oxygen atoms in total. The first kappa shape index (κ1) is 13.3. The molecule has 2 N–H and O–H groups in total. The quantitative estimate of drug-likeness (QED) is 0.842. The van der Waals surface area contributed by atoms with E-state index in [9.17, 15) is 0 Å². The number of hydrogen-bond donors (Lipinski definition) is 1. The normalized spacial score (nSPS) is 22.2. The highest BCUT2D eigenvalue weighted by atomic mass is 16.4. The predicted molar refractivity (Wildman–Crippen MR) is 70.6 cm³/mol. The van der Waals surface area contributed by atoms with Crippen molar-refractivity contribution in [1.82, 2.24) is 15.1 Å². The van der Waals surface area contributed by atoms with E-state index in [-0.39, 0.29) is 0 Å². The van der Waals surface area contributed by atoms with Crippen LogP contribution < -0.4 is 10.6 Å². The van der Waals surface area contributed by atoms with E-state index in [0.29, 0.717) is 30.9 Å². The van der Waals surface area contributed by atoms with Gasteiger partial charge >= 0.3 is 6.01 Å². The van der Waals surface area contributed by atoms with Crippen molar-refractivity contribution in [3.8, 4) is 0 Å². The average molecular weight is 253 g/mol. The minimum Gasteiger partial charge on any atom is -0.408 e. The highest BCUT2D eigenvalue weighted by molar-refractivity contribution is 5.27. The monoisotopic (exact) mass is 253 g/mol. The number of likely N-dealkylation sites (N-methyl/N-ethyl adjacent to an activating group) is 1. The largest absolute Gasteiger partial charge is 0.408 e. The van der Waals surface area contributed by atoms with Crippen LogP contribution in [0, 0.1) is 0 Å². The summed E-state index contributed by atoms with van der Waals surface area (Å²) in [4.78, 5) is 4.61. The molecule has 18 heavy (non-hydrogen) atoms. The van der Waals surface area contributed by atoms with E-state index in [0.717, 1.165) is 32.5 Å². The van der Waals surface area contributed by atoms with E-state index in [1.54, 1.807) is 0 Å². The second kappa shape index (κ2) is 6.15. The fourth-order valence-corrected chi connectivity index (χ4v) is 2.43. The third kappa shape index (κ3) is 3.00. The Balaban J connectivity index is 2.12. The third-order valence-electron chi connectivity index (χ3n) is 3.43. The molecule has 1 aromatic heterocycles. The van der Waals surface area contributed by atoms with Gasteiger partial charge in [-0.2, -0.15) is 0 Å². The van der Waals surface area contributed by atoms with Crippen molar-refractivity contribution in [3.05, 3.63) is 5.89 Å². The highest BCUT2D eigenvalue weighted by Gasteiger charge is 2.25. The van der Waals surface area contributed by atoms with E-state index in [1.165, 1.54) is 0 Å². The zero-order valence-electron chi connectivity index (χ0n) is 11.3. The second-order valence-corrected chi connectivity index (χ2v) is 4.89. The van der Waals surface area contributed by atoms with Gasteiger partial charge in [0.05, 0.1) is 0 Å². The van der Waals surface area contributed by atoms with Crippen molar-refractivity contribution in [3.63, 3.8) is 0 Å². The van der Waals surface area contributed by atoms with Gasteiger partial charge in [0.1, 0.15) is 0 Å². The van der Waals surface area contributed by atoms with E-state index >= 15 is 0 Å². The van der Waals surface area contributed by atoms with Crippen molar-refractivity contribution in [2.45, 2.75) is 32.2 Å². The van der Waals surface area contributed by atoms with Gasteiger partial charge in [-0.25, -0.2) is 0 Å². The number of aromatic nitrogens is 2. The lowest BCUT2D eigenvalue weighted by atomic mass is 10.2. The molecule has 0 spiro atoms. The number of anilines is 1. The number of hydrogen-bond acceptors (Lipinski definition) is 6. The average Bonchev–Trinajstić information content (AvgIpc) is 2.72. The van der Waals surface area contributed by atoms with Crippen molar-refractivity contribution in [2.24, 2.45) is 5.73 Å². The molecule has 0 aliphatic carbocycles. The fraction of sp³-hybridized carbons (Fsp3) is 0.833. The van der Waals surface area contributed by atoms with E-state index in [1.807, 2.05) is 0 Å². The van der Waals surface area contributed by atoms with Gasteiger partial charge in [0.15, 0.2) is 0 Å². The number of nitrogens with zero attached hydrogens (tertiary/aromatic N) is 4. The molecular formula is C12H23N5O. The molecular weight excluding hydrogens is 230 g/mol. The first-order valence-electron chi connectivity index (χ1n) is 6.72. The molecule has 0 aromatic carbocycles. The Kier molecular flexibility index (Phi) is 4.54. The summed E-state index contributed by atoms with van der Waals surface area (Å²) < 4.78 is 5.69. The Morgan fingerprint density at radius 3 is 2.94 bits per heavy atom. The van der Waals surface area contributed by atoms with Gasteiger partial charge in [0.2, 0.25) is 5.89 Å². The lowest BCUT2D eigenvalue weighted by Gasteiger charge is -2.28. The summed E-state index contributed by atoms with van der Waals surface area (Å²) in [6.07, 6.45) is 2.86. The van der Waals surface area contributed by atoms with Crippen LogP contribution in [-0.2, 0) is 6.42 Å². The van der Waals surface area contributed by atoms with E-state index < -0.39 is 0 Å². The van der Waals surface area contributed by atoms with Gasteiger partial charge < -0.3 is 20.0 Å². The molecule has 1 aromatic rings. The van der Waals surface area contributed by atoms with Crippen LogP contribution in [0.25, 0.3) is 0 Å². The van der Waals surface area contributed by atoms with Crippen LogP contribution in [0.1, 0.15) is 25.7 Å².